The normalized spacial score (nSPS) is 16.5. The molecule has 0 saturated carbocycles. The number of hydrogen-bond donors (Lipinski definition) is 1. The fourth-order valence-corrected chi connectivity index (χ4v) is 3.14. The van der Waals surface area contributed by atoms with Crippen molar-refractivity contribution in [2.75, 3.05) is 24.5 Å². The maximum Gasteiger partial charge on any atom is 0.140 e. The van der Waals surface area contributed by atoms with Crippen molar-refractivity contribution in [1.82, 2.24) is 9.97 Å². The van der Waals surface area contributed by atoms with Crippen LogP contribution in [0.15, 0.2) is 12.4 Å². The van der Waals surface area contributed by atoms with Crippen molar-refractivity contribution in [3.05, 3.63) is 17.3 Å². The molecule has 0 amide bonds. The minimum Gasteiger partial charge on any atom is -0.355 e. The summed E-state index contributed by atoms with van der Waals surface area (Å²) in [5, 5.41) is 1.20. The van der Waals surface area contributed by atoms with Gasteiger partial charge in [0, 0.05) is 23.9 Å². The lowest BCUT2D eigenvalue weighted by molar-refractivity contribution is 0.418. The van der Waals surface area contributed by atoms with E-state index in [2.05, 4.69) is 27.9 Å². The third-order valence-electron chi connectivity index (χ3n) is 3.30. The fourth-order valence-electron chi connectivity index (χ4n) is 2.21. The van der Waals surface area contributed by atoms with Crippen molar-refractivity contribution in [2.24, 2.45) is 11.7 Å². The molecule has 0 bridgehead atoms. The number of aryl methyl sites for hydroxylation is 1. The van der Waals surface area contributed by atoms with Crippen LogP contribution >= 0.6 is 11.3 Å². The third kappa shape index (κ3) is 1.79. The minimum atomic E-state index is 0.629. The van der Waals surface area contributed by atoms with Crippen LogP contribution in [0.5, 0.6) is 0 Å². The van der Waals surface area contributed by atoms with Gasteiger partial charge in [0.2, 0.25) is 0 Å². The van der Waals surface area contributed by atoms with Crippen LogP contribution in [0.3, 0.4) is 0 Å². The van der Waals surface area contributed by atoms with Gasteiger partial charge in [-0.15, -0.1) is 11.3 Å². The zero-order valence-electron chi connectivity index (χ0n) is 9.89. The molecule has 0 atom stereocenters. The van der Waals surface area contributed by atoms with Gasteiger partial charge >= 0.3 is 0 Å². The molecule has 17 heavy (non-hydrogen) atoms. The number of hydrogen-bond acceptors (Lipinski definition) is 5. The van der Waals surface area contributed by atoms with E-state index in [1.807, 2.05) is 0 Å². The molecule has 0 unspecified atom stereocenters. The maximum atomic E-state index is 5.66. The zero-order chi connectivity index (χ0) is 11.8. The lowest BCUT2D eigenvalue weighted by Gasteiger charge is -2.39. The zero-order valence-corrected chi connectivity index (χ0v) is 10.7. The largest absolute Gasteiger partial charge is 0.355 e. The molecule has 2 N–H and O–H groups in total. The second-order valence-electron chi connectivity index (χ2n) is 4.49. The highest BCUT2D eigenvalue weighted by Crippen LogP contribution is 2.33. The Morgan fingerprint density at radius 2 is 2.29 bits per heavy atom. The van der Waals surface area contributed by atoms with Crippen molar-refractivity contribution in [3.63, 3.8) is 0 Å². The summed E-state index contributed by atoms with van der Waals surface area (Å²) >= 11 is 1.77. The number of anilines is 1. The van der Waals surface area contributed by atoms with Gasteiger partial charge in [0.25, 0.3) is 0 Å². The van der Waals surface area contributed by atoms with Gasteiger partial charge in [0.15, 0.2) is 0 Å². The molecule has 1 aliphatic rings. The van der Waals surface area contributed by atoms with E-state index in [1.165, 1.54) is 10.3 Å². The van der Waals surface area contributed by atoms with Crippen LogP contribution < -0.4 is 10.6 Å². The van der Waals surface area contributed by atoms with E-state index in [-0.39, 0.29) is 0 Å². The summed E-state index contributed by atoms with van der Waals surface area (Å²) in [6, 6.07) is 2.23. The molecule has 0 aliphatic carbocycles. The highest BCUT2D eigenvalue weighted by molar-refractivity contribution is 7.18. The number of aromatic nitrogens is 2. The van der Waals surface area contributed by atoms with Crippen molar-refractivity contribution in [2.45, 2.75) is 13.3 Å². The van der Waals surface area contributed by atoms with Crippen molar-refractivity contribution < 1.29 is 0 Å². The first-order valence-corrected chi connectivity index (χ1v) is 6.82. The molecular weight excluding hydrogens is 232 g/mol. The summed E-state index contributed by atoms with van der Waals surface area (Å²) in [7, 11) is 0. The predicted octanol–water partition coefficient (Wildman–Crippen LogP) is 1.65. The predicted molar refractivity (Wildman–Crippen MR) is 71.6 cm³/mol. The molecule has 4 nitrogen and oxygen atoms in total. The summed E-state index contributed by atoms with van der Waals surface area (Å²) in [6.45, 7) is 5.00. The number of rotatable bonds is 3. The van der Waals surface area contributed by atoms with Crippen molar-refractivity contribution in [3.8, 4) is 0 Å². The fraction of sp³-hybridized carbons (Fsp3) is 0.500. The second-order valence-corrected chi connectivity index (χ2v) is 5.60. The number of nitrogens with two attached hydrogens (primary N) is 1. The average molecular weight is 248 g/mol. The number of thiophene rings is 1. The molecule has 5 heteroatoms. The van der Waals surface area contributed by atoms with Gasteiger partial charge in [-0.25, -0.2) is 9.97 Å². The van der Waals surface area contributed by atoms with E-state index in [0.717, 1.165) is 36.7 Å². The lowest BCUT2D eigenvalue weighted by Crippen LogP contribution is -2.50. The number of nitrogens with zero attached hydrogens (tertiary/aromatic N) is 3. The van der Waals surface area contributed by atoms with E-state index in [9.17, 15) is 0 Å². The van der Waals surface area contributed by atoms with E-state index in [4.69, 9.17) is 5.73 Å². The van der Waals surface area contributed by atoms with Gasteiger partial charge in [-0.3, -0.25) is 0 Å². The molecule has 1 fully saturated rings. The molecule has 3 heterocycles. The molecule has 90 valence electrons. The molecule has 2 aromatic rings. The van der Waals surface area contributed by atoms with Crippen LogP contribution in [-0.4, -0.2) is 29.6 Å². The van der Waals surface area contributed by atoms with E-state index < -0.39 is 0 Å². The topological polar surface area (TPSA) is 55.0 Å². The molecule has 1 saturated heterocycles. The third-order valence-corrected chi connectivity index (χ3v) is 4.49. The SMILES string of the molecule is CCc1cc2c(N3CC(CN)C3)ncnc2s1. The molecular formula is C12H16N4S. The van der Waals surface area contributed by atoms with Crippen molar-refractivity contribution >= 4 is 27.4 Å². The Kier molecular flexibility index (Phi) is 2.72. The minimum absolute atomic E-state index is 0.629. The number of fused-ring (bicyclic) bond motifs is 1. The Bertz CT molecular complexity index is 530. The lowest BCUT2D eigenvalue weighted by atomic mass is 10.0. The van der Waals surface area contributed by atoms with Gasteiger partial charge in [-0.05, 0) is 19.0 Å². The molecule has 1 aliphatic heterocycles. The summed E-state index contributed by atoms with van der Waals surface area (Å²) in [6.07, 6.45) is 2.73. The highest BCUT2D eigenvalue weighted by Gasteiger charge is 2.28. The van der Waals surface area contributed by atoms with E-state index >= 15 is 0 Å². The van der Waals surface area contributed by atoms with Crippen molar-refractivity contribution in [1.29, 1.82) is 0 Å². The smallest absolute Gasteiger partial charge is 0.140 e. The monoisotopic (exact) mass is 248 g/mol. The summed E-state index contributed by atoms with van der Waals surface area (Å²) < 4.78 is 0. The van der Waals surface area contributed by atoms with Gasteiger partial charge < -0.3 is 10.6 Å². The van der Waals surface area contributed by atoms with Gasteiger partial charge in [0.1, 0.15) is 17.0 Å². The quantitative estimate of drug-likeness (QED) is 0.897. The van der Waals surface area contributed by atoms with Crippen LogP contribution in [0, 0.1) is 5.92 Å². The highest BCUT2D eigenvalue weighted by atomic mass is 32.1. The van der Waals surface area contributed by atoms with Crippen LogP contribution in [0.25, 0.3) is 10.2 Å². The molecule has 3 rings (SSSR count). The summed E-state index contributed by atoms with van der Waals surface area (Å²) in [4.78, 5) is 13.5. The Hall–Kier alpha value is -1.20. The van der Waals surface area contributed by atoms with Crippen LogP contribution in [0.1, 0.15) is 11.8 Å². The van der Waals surface area contributed by atoms with Gasteiger partial charge in [-0.1, -0.05) is 6.92 Å². The first-order valence-electron chi connectivity index (χ1n) is 6.00. The first kappa shape index (κ1) is 10.9. The molecule has 0 spiro atoms. The maximum absolute atomic E-state index is 5.66. The Balaban J connectivity index is 1.96. The second kappa shape index (κ2) is 4.23. The average Bonchev–Trinajstić information content (AvgIpc) is 2.71. The van der Waals surface area contributed by atoms with Gasteiger partial charge in [0.05, 0.1) is 5.39 Å². The van der Waals surface area contributed by atoms with Gasteiger partial charge in [-0.2, -0.15) is 0 Å². The summed E-state index contributed by atoms with van der Waals surface area (Å²) in [5.74, 6) is 1.71. The Labute approximate surface area is 104 Å². The molecule has 2 aromatic heterocycles. The van der Waals surface area contributed by atoms with E-state index in [1.54, 1.807) is 17.7 Å². The first-order chi connectivity index (χ1) is 8.31. The molecule has 0 radical (unpaired) electrons. The standard InChI is InChI=1S/C12H16N4S/c1-2-9-3-10-11(14-7-15-12(10)17-9)16-5-8(4-13)6-16/h3,7-8H,2,4-6,13H2,1H3. The Morgan fingerprint density at radius 3 is 3.00 bits per heavy atom. The van der Waals surface area contributed by atoms with E-state index in [0.29, 0.717) is 5.92 Å². The summed E-state index contributed by atoms with van der Waals surface area (Å²) in [5.41, 5.74) is 5.66. The van der Waals surface area contributed by atoms with Crippen LogP contribution in [0.2, 0.25) is 0 Å². The molecule has 0 aromatic carbocycles. The van der Waals surface area contributed by atoms with Crippen LogP contribution in [0.4, 0.5) is 5.82 Å². The Morgan fingerprint density at radius 1 is 1.47 bits per heavy atom. The van der Waals surface area contributed by atoms with Crippen LogP contribution in [-0.2, 0) is 6.42 Å².